The first kappa shape index (κ1) is 21.6. The average Bonchev–Trinajstić information content (AvgIpc) is 3.14. The molecule has 31 heavy (non-hydrogen) atoms. The molecule has 0 radical (unpaired) electrons. The molecule has 0 saturated heterocycles. The van der Waals surface area contributed by atoms with Crippen molar-refractivity contribution in [2.75, 3.05) is 14.2 Å². The number of aromatic nitrogens is 1. The van der Waals surface area contributed by atoms with Gasteiger partial charge in [-0.3, -0.25) is 4.79 Å². The van der Waals surface area contributed by atoms with E-state index < -0.39 is 11.9 Å². The molecule has 164 valence electrons. The normalized spacial score (nSPS) is 14.3. The number of hydrogen-bond acceptors (Lipinski definition) is 5. The van der Waals surface area contributed by atoms with E-state index >= 15 is 0 Å². The predicted molar refractivity (Wildman–Crippen MR) is 125 cm³/mol. The Morgan fingerprint density at radius 2 is 1.94 bits per heavy atom. The van der Waals surface area contributed by atoms with E-state index in [1.807, 2.05) is 32.0 Å². The molecule has 6 heteroatoms. The maximum Gasteiger partial charge on any atom is 0.311 e. The third-order valence-electron chi connectivity index (χ3n) is 6.23. The first-order valence-electron chi connectivity index (χ1n) is 10.9. The Kier molecular flexibility index (Phi) is 6.19. The van der Waals surface area contributed by atoms with Crippen molar-refractivity contribution in [3.63, 3.8) is 0 Å². The van der Waals surface area contributed by atoms with Crippen LogP contribution in [0.15, 0.2) is 18.2 Å². The number of carboxylic acid groups (broad SMARTS) is 1. The topological polar surface area (TPSA) is 68.7 Å². The Morgan fingerprint density at radius 1 is 1.19 bits per heavy atom. The van der Waals surface area contributed by atoms with E-state index in [0.29, 0.717) is 17.9 Å². The second-order valence-corrected chi connectivity index (χ2v) is 9.21. The number of carbonyl (C=O) groups is 1. The van der Waals surface area contributed by atoms with Crippen molar-refractivity contribution in [2.24, 2.45) is 0 Å². The Hall–Kier alpha value is -2.60. The first-order valence-corrected chi connectivity index (χ1v) is 11.7. The Labute approximate surface area is 187 Å². The summed E-state index contributed by atoms with van der Waals surface area (Å²) in [5.41, 5.74) is 4.95. The molecule has 0 bridgehead atoms. The lowest BCUT2D eigenvalue weighted by Gasteiger charge is -2.22. The van der Waals surface area contributed by atoms with Crippen molar-refractivity contribution in [3.05, 3.63) is 39.9 Å². The molecule has 0 fully saturated rings. The van der Waals surface area contributed by atoms with Crippen LogP contribution in [0.2, 0.25) is 0 Å². The number of pyridine rings is 1. The lowest BCUT2D eigenvalue weighted by Crippen LogP contribution is -2.15. The van der Waals surface area contributed by atoms with Gasteiger partial charge >= 0.3 is 5.97 Å². The molecule has 5 nitrogen and oxygen atoms in total. The number of aliphatic carboxylic acids is 1. The van der Waals surface area contributed by atoms with Gasteiger partial charge in [0.1, 0.15) is 4.83 Å². The van der Waals surface area contributed by atoms with Crippen LogP contribution in [-0.4, -0.2) is 30.3 Å². The summed E-state index contributed by atoms with van der Waals surface area (Å²) in [7, 11) is 3.24. The van der Waals surface area contributed by atoms with Crippen LogP contribution in [0.1, 0.15) is 60.2 Å². The van der Waals surface area contributed by atoms with E-state index in [4.69, 9.17) is 14.5 Å². The number of methoxy groups -OCH3 is 2. The van der Waals surface area contributed by atoms with Crippen molar-refractivity contribution in [2.45, 2.75) is 58.3 Å². The Bertz CT molecular complexity index is 1130. The third kappa shape index (κ3) is 3.78. The van der Waals surface area contributed by atoms with E-state index in [0.717, 1.165) is 58.3 Å². The zero-order valence-electron chi connectivity index (χ0n) is 18.6. The molecule has 0 aliphatic heterocycles. The summed E-state index contributed by atoms with van der Waals surface area (Å²) in [5, 5.41) is 11.3. The zero-order valence-corrected chi connectivity index (χ0v) is 19.4. The zero-order chi connectivity index (χ0) is 22.1. The molecule has 4 rings (SSSR count). The van der Waals surface area contributed by atoms with Gasteiger partial charge in [-0.25, -0.2) is 4.98 Å². The van der Waals surface area contributed by atoms with Crippen LogP contribution in [0.3, 0.4) is 0 Å². The molecule has 2 heterocycles. The van der Waals surface area contributed by atoms with Crippen molar-refractivity contribution >= 4 is 27.5 Å². The Morgan fingerprint density at radius 3 is 2.61 bits per heavy atom. The highest BCUT2D eigenvalue weighted by molar-refractivity contribution is 7.19. The van der Waals surface area contributed by atoms with Crippen LogP contribution in [0, 0.1) is 6.92 Å². The highest BCUT2D eigenvalue weighted by Crippen LogP contribution is 2.46. The number of benzene rings is 1. The SMILES string of the molecule is CCCC(C(=O)O)c1c(C)nc2sc3c(c2c1-c1ccc(OC)c(OC)c1)CCCC3. The molecule has 1 atom stereocenters. The number of ether oxygens (including phenoxy) is 2. The fourth-order valence-corrected chi connectivity index (χ4v) is 6.13. The highest BCUT2D eigenvalue weighted by atomic mass is 32.1. The largest absolute Gasteiger partial charge is 0.493 e. The van der Waals surface area contributed by atoms with Gasteiger partial charge in [0.2, 0.25) is 0 Å². The van der Waals surface area contributed by atoms with Crippen LogP contribution < -0.4 is 9.47 Å². The van der Waals surface area contributed by atoms with E-state index in [1.54, 1.807) is 25.6 Å². The first-order chi connectivity index (χ1) is 15.0. The van der Waals surface area contributed by atoms with Crippen molar-refractivity contribution in [3.8, 4) is 22.6 Å². The fraction of sp³-hybridized carbons (Fsp3) is 0.440. The summed E-state index contributed by atoms with van der Waals surface area (Å²) in [6, 6.07) is 5.87. The molecular weight excluding hydrogens is 410 g/mol. The second-order valence-electron chi connectivity index (χ2n) is 8.13. The van der Waals surface area contributed by atoms with Crippen LogP contribution in [0.25, 0.3) is 21.3 Å². The molecule has 3 aromatic rings. The summed E-state index contributed by atoms with van der Waals surface area (Å²) >= 11 is 1.77. The lowest BCUT2D eigenvalue weighted by atomic mass is 9.83. The summed E-state index contributed by atoms with van der Waals surface area (Å²) in [4.78, 5) is 19.7. The number of rotatable bonds is 7. The maximum absolute atomic E-state index is 12.3. The minimum Gasteiger partial charge on any atom is -0.493 e. The van der Waals surface area contributed by atoms with Gasteiger partial charge in [0.25, 0.3) is 0 Å². The molecule has 0 saturated carbocycles. The standard InChI is InChI=1S/C25H29NO4S/c1-5-8-17(25(27)28)21-14(2)26-24-23(16-9-6-7-10-20(16)31-24)22(21)15-11-12-18(29-3)19(13-15)30-4/h11-13,17H,5-10H2,1-4H3,(H,27,28). The predicted octanol–water partition coefficient (Wildman–Crippen LogP) is 6.14. The van der Waals surface area contributed by atoms with Gasteiger partial charge < -0.3 is 14.6 Å². The molecule has 2 aromatic heterocycles. The maximum atomic E-state index is 12.3. The van der Waals surface area contributed by atoms with E-state index in [9.17, 15) is 9.90 Å². The number of nitrogens with zero attached hydrogens (tertiary/aromatic N) is 1. The van der Waals surface area contributed by atoms with Crippen LogP contribution in [0.4, 0.5) is 0 Å². The lowest BCUT2D eigenvalue weighted by molar-refractivity contribution is -0.139. The summed E-state index contributed by atoms with van der Waals surface area (Å²) in [6.45, 7) is 3.98. The smallest absolute Gasteiger partial charge is 0.311 e. The molecule has 1 N–H and O–H groups in total. The van der Waals surface area contributed by atoms with Gasteiger partial charge in [-0.15, -0.1) is 11.3 Å². The average molecular weight is 440 g/mol. The molecule has 1 aromatic carbocycles. The van der Waals surface area contributed by atoms with Crippen molar-refractivity contribution in [1.82, 2.24) is 4.98 Å². The monoisotopic (exact) mass is 439 g/mol. The molecule has 1 aliphatic carbocycles. The highest BCUT2D eigenvalue weighted by Gasteiger charge is 2.30. The number of aryl methyl sites for hydroxylation is 3. The molecule has 0 amide bonds. The van der Waals surface area contributed by atoms with Gasteiger partial charge in [-0.05, 0) is 73.4 Å². The van der Waals surface area contributed by atoms with Crippen molar-refractivity contribution in [1.29, 1.82) is 0 Å². The number of hydrogen-bond donors (Lipinski definition) is 1. The van der Waals surface area contributed by atoms with E-state index in [-0.39, 0.29) is 0 Å². The van der Waals surface area contributed by atoms with Crippen LogP contribution >= 0.6 is 11.3 Å². The minimum absolute atomic E-state index is 0.579. The number of carboxylic acids is 1. The van der Waals surface area contributed by atoms with Crippen LogP contribution in [-0.2, 0) is 17.6 Å². The fourth-order valence-electron chi connectivity index (χ4n) is 4.81. The summed E-state index contributed by atoms with van der Waals surface area (Å²) < 4.78 is 11.0. The molecule has 0 spiro atoms. The van der Waals surface area contributed by atoms with Gasteiger partial charge in [-0.1, -0.05) is 19.4 Å². The number of fused-ring (bicyclic) bond motifs is 3. The van der Waals surface area contributed by atoms with Gasteiger partial charge in [0.05, 0.1) is 20.1 Å². The number of thiophene rings is 1. The molecule has 1 aliphatic rings. The van der Waals surface area contributed by atoms with Gasteiger partial charge in [0.15, 0.2) is 11.5 Å². The second kappa shape index (κ2) is 8.87. The van der Waals surface area contributed by atoms with Gasteiger partial charge in [0, 0.05) is 16.0 Å². The third-order valence-corrected chi connectivity index (χ3v) is 7.41. The summed E-state index contributed by atoms with van der Waals surface area (Å²) in [5.74, 6) is -0.0911. The summed E-state index contributed by atoms with van der Waals surface area (Å²) in [6.07, 6.45) is 5.83. The quantitative estimate of drug-likeness (QED) is 0.479. The van der Waals surface area contributed by atoms with E-state index in [1.165, 1.54) is 16.9 Å². The van der Waals surface area contributed by atoms with E-state index in [2.05, 4.69) is 0 Å². The van der Waals surface area contributed by atoms with Gasteiger partial charge in [-0.2, -0.15) is 0 Å². The van der Waals surface area contributed by atoms with Crippen LogP contribution in [0.5, 0.6) is 11.5 Å². The van der Waals surface area contributed by atoms with Crippen molar-refractivity contribution < 1.29 is 19.4 Å². The molecular formula is C25H29NO4S. The minimum atomic E-state index is -0.795. The molecule has 1 unspecified atom stereocenters. The Balaban J connectivity index is 2.10.